The quantitative estimate of drug-likeness (QED) is 0.563. The van der Waals surface area contributed by atoms with E-state index in [1.807, 2.05) is 0 Å². The zero-order chi connectivity index (χ0) is 7.73. The average Bonchev–Trinajstić information content (AvgIpc) is 2.45. The number of hydrogen-bond acceptors (Lipinski definition) is 1. The van der Waals surface area contributed by atoms with Gasteiger partial charge in [-0.25, -0.2) is 0 Å². The van der Waals surface area contributed by atoms with Gasteiger partial charge in [-0.2, -0.15) is 0 Å². The van der Waals surface area contributed by atoms with Gasteiger partial charge >= 0.3 is 0 Å². The van der Waals surface area contributed by atoms with E-state index in [1.54, 1.807) is 0 Å². The predicted octanol–water partition coefficient (Wildman–Crippen LogP) is 2.32. The highest BCUT2D eigenvalue weighted by Gasteiger charge is 2.35. The molecule has 11 heavy (non-hydrogen) atoms. The van der Waals surface area contributed by atoms with E-state index in [4.69, 9.17) is 0 Å². The van der Waals surface area contributed by atoms with E-state index >= 15 is 0 Å². The first kappa shape index (κ1) is 7.60. The molecule has 0 aromatic rings. The summed E-state index contributed by atoms with van der Waals surface area (Å²) in [6.07, 6.45) is 8.64. The summed E-state index contributed by atoms with van der Waals surface area (Å²) in [5, 5.41) is 3.69. The summed E-state index contributed by atoms with van der Waals surface area (Å²) in [6.45, 7) is 3.66. The molecular formula is C10H19N. The summed E-state index contributed by atoms with van der Waals surface area (Å²) in [5.41, 5.74) is 0.604. The molecule has 1 saturated carbocycles. The standard InChI is InChI=1S/C10H19N/c1-9-3-6-10(7-4-9)5-2-8-11-10/h9,11H,2-8H2,1H3. The van der Waals surface area contributed by atoms with Gasteiger partial charge in [-0.15, -0.1) is 0 Å². The molecule has 1 heteroatoms. The predicted molar refractivity (Wildman–Crippen MR) is 47.6 cm³/mol. The molecule has 2 aliphatic rings. The van der Waals surface area contributed by atoms with Crippen LogP contribution in [-0.4, -0.2) is 12.1 Å². The van der Waals surface area contributed by atoms with Crippen LogP contribution in [0.25, 0.3) is 0 Å². The van der Waals surface area contributed by atoms with Crippen molar-refractivity contribution in [1.82, 2.24) is 5.32 Å². The normalized spacial score (nSPS) is 45.0. The van der Waals surface area contributed by atoms with Crippen molar-refractivity contribution in [3.8, 4) is 0 Å². The van der Waals surface area contributed by atoms with Gasteiger partial charge in [0.25, 0.3) is 0 Å². The minimum absolute atomic E-state index is 0.604. The molecule has 0 bridgehead atoms. The molecule has 1 heterocycles. The Balaban J connectivity index is 1.94. The fraction of sp³-hybridized carbons (Fsp3) is 1.00. The molecule has 2 rings (SSSR count). The van der Waals surface area contributed by atoms with E-state index in [1.165, 1.54) is 45.1 Å². The Kier molecular flexibility index (Phi) is 1.92. The van der Waals surface area contributed by atoms with Crippen molar-refractivity contribution in [2.24, 2.45) is 5.92 Å². The Labute approximate surface area is 69.6 Å². The molecule has 0 radical (unpaired) electrons. The van der Waals surface area contributed by atoms with E-state index in [-0.39, 0.29) is 0 Å². The van der Waals surface area contributed by atoms with E-state index in [0.717, 1.165) is 5.92 Å². The third-order valence-electron chi connectivity index (χ3n) is 3.56. The lowest BCUT2D eigenvalue weighted by Gasteiger charge is -2.36. The van der Waals surface area contributed by atoms with Crippen LogP contribution in [0.3, 0.4) is 0 Å². The molecule has 0 aromatic heterocycles. The van der Waals surface area contributed by atoms with Gasteiger partial charge < -0.3 is 5.32 Å². The van der Waals surface area contributed by atoms with Crippen molar-refractivity contribution in [3.05, 3.63) is 0 Å². The molecule has 1 N–H and O–H groups in total. The smallest absolute Gasteiger partial charge is 0.0182 e. The van der Waals surface area contributed by atoms with Crippen LogP contribution in [0.2, 0.25) is 0 Å². The van der Waals surface area contributed by atoms with E-state index in [9.17, 15) is 0 Å². The van der Waals surface area contributed by atoms with Crippen molar-refractivity contribution in [3.63, 3.8) is 0 Å². The third kappa shape index (κ3) is 1.44. The first-order valence-electron chi connectivity index (χ1n) is 5.06. The van der Waals surface area contributed by atoms with Crippen molar-refractivity contribution in [2.45, 2.75) is 51.0 Å². The van der Waals surface area contributed by atoms with Crippen LogP contribution in [0.1, 0.15) is 45.4 Å². The van der Waals surface area contributed by atoms with Crippen LogP contribution in [-0.2, 0) is 0 Å². The van der Waals surface area contributed by atoms with Gasteiger partial charge in [-0.1, -0.05) is 6.92 Å². The Morgan fingerprint density at radius 2 is 1.91 bits per heavy atom. The summed E-state index contributed by atoms with van der Waals surface area (Å²) in [5.74, 6) is 0.989. The third-order valence-corrected chi connectivity index (χ3v) is 3.56. The molecule has 0 amide bonds. The Hall–Kier alpha value is -0.0400. The summed E-state index contributed by atoms with van der Waals surface area (Å²) in [6, 6.07) is 0. The number of rotatable bonds is 0. The van der Waals surface area contributed by atoms with Crippen LogP contribution >= 0.6 is 0 Å². The highest BCUT2D eigenvalue weighted by Crippen LogP contribution is 2.37. The van der Waals surface area contributed by atoms with Gasteiger partial charge in [-0.3, -0.25) is 0 Å². The summed E-state index contributed by atoms with van der Waals surface area (Å²) >= 11 is 0. The highest BCUT2D eigenvalue weighted by atomic mass is 15.0. The van der Waals surface area contributed by atoms with Gasteiger partial charge in [0.1, 0.15) is 0 Å². The molecule has 0 atom stereocenters. The zero-order valence-corrected chi connectivity index (χ0v) is 7.53. The van der Waals surface area contributed by atoms with Gasteiger partial charge in [0.05, 0.1) is 0 Å². The monoisotopic (exact) mass is 153 g/mol. The maximum atomic E-state index is 3.69. The summed E-state index contributed by atoms with van der Waals surface area (Å²) < 4.78 is 0. The molecule has 2 fully saturated rings. The molecule has 1 nitrogen and oxygen atoms in total. The topological polar surface area (TPSA) is 12.0 Å². The lowest BCUT2D eigenvalue weighted by Crippen LogP contribution is -2.42. The fourth-order valence-corrected chi connectivity index (χ4v) is 2.61. The lowest BCUT2D eigenvalue weighted by atomic mass is 9.76. The number of hydrogen-bond donors (Lipinski definition) is 1. The first-order valence-corrected chi connectivity index (χ1v) is 5.06. The summed E-state index contributed by atoms with van der Waals surface area (Å²) in [4.78, 5) is 0. The summed E-state index contributed by atoms with van der Waals surface area (Å²) in [7, 11) is 0. The maximum Gasteiger partial charge on any atom is 0.0182 e. The second kappa shape index (κ2) is 2.78. The van der Waals surface area contributed by atoms with Crippen LogP contribution in [0.4, 0.5) is 0 Å². The molecule has 0 aromatic carbocycles. The molecule has 1 saturated heterocycles. The van der Waals surface area contributed by atoms with E-state index < -0.39 is 0 Å². The Morgan fingerprint density at radius 3 is 2.45 bits per heavy atom. The van der Waals surface area contributed by atoms with Crippen LogP contribution in [0.15, 0.2) is 0 Å². The van der Waals surface area contributed by atoms with Gasteiger partial charge in [0.2, 0.25) is 0 Å². The second-order valence-electron chi connectivity index (χ2n) is 4.49. The minimum Gasteiger partial charge on any atom is -0.311 e. The molecule has 64 valence electrons. The van der Waals surface area contributed by atoms with Crippen molar-refractivity contribution in [1.29, 1.82) is 0 Å². The number of nitrogens with one attached hydrogen (secondary N) is 1. The molecule has 0 unspecified atom stereocenters. The van der Waals surface area contributed by atoms with Crippen molar-refractivity contribution >= 4 is 0 Å². The molecule has 1 spiro atoms. The largest absolute Gasteiger partial charge is 0.311 e. The zero-order valence-electron chi connectivity index (χ0n) is 7.53. The van der Waals surface area contributed by atoms with Crippen LogP contribution in [0, 0.1) is 5.92 Å². The Bertz CT molecular complexity index is 126. The van der Waals surface area contributed by atoms with E-state index in [0.29, 0.717) is 5.54 Å². The fourth-order valence-electron chi connectivity index (χ4n) is 2.61. The second-order valence-corrected chi connectivity index (χ2v) is 4.49. The first-order chi connectivity index (χ1) is 5.31. The van der Waals surface area contributed by atoms with Gasteiger partial charge in [0, 0.05) is 5.54 Å². The van der Waals surface area contributed by atoms with Crippen molar-refractivity contribution < 1.29 is 0 Å². The molecule has 1 aliphatic carbocycles. The van der Waals surface area contributed by atoms with Crippen LogP contribution in [0.5, 0.6) is 0 Å². The molecular weight excluding hydrogens is 134 g/mol. The molecule has 1 aliphatic heterocycles. The van der Waals surface area contributed by atoms with Gasteiger partial charge in [0.15, 0.2) is 0 Å². The van der Waals surface area contributed by atoms with Gasteiger partial charge in [-0.05, 0) is 51.0 Å². The highest BCUT2D eigenvalue weighted by molar-refractivity contribution is 4.95. The average molecular weight is 153 g/mol. The minimum atomic E-state index is 0.604. The van der Waals surface area contributed by atoms with E-state index in [2.05, 4.69) is 12.2 Å². The lowest BCUT2D eigenvalue weighted by molar-refractivity contribution is 0.220. The SMILES string of the molecule is CC1CCC2(CCCN2)CC1. The van der Waals surface area contributed by atoms with Crippen LogP contribution < -0.4 is 5.32 Å². The van der Waals surface area contributed by atoms with Crippen molar-refractivity contribution in [2.75, 3.05) is 6.54 Å². The Morgan fingerprint density at radius 1 is 1.18 bits per heavy atom. The maximum absolute atomic E-state index is 3.69.